The van der Waals surface area contributed by atoms with Gasteiger partial charge in [-0.3, -0.25) is 4.98 Å². The monoisotopic (exact) mass is 402 g/mol. The fourth-order valence-corrected chi connectivity index (χ4v) is 4.47. The predicted octanol–water partition coefficient (Wildman–Crippen LogP) is 4.15. The molecule has 30 heavy (non-hydrogen) atoms. The standard InChI is InChI=1S/C23H26N6O/c1-15-10-16(2)29(27-15)23-14-24-13-22(26-23)28-8-6-17(7-9-28)20-12-25-21-5-4-18(30-3)11-19(20)21/h4-5,10-14,17,25H,6-9H2,1-3H3. The molecule has 3 aromatic heterocycles. The number of aromatic amines is 1. The molecule has 0 bridgehead atoms. The zero-order chi connectivity index (χ0) is 20.7. The summed E-state index contributed by atoms with van der Waals surface area (Å²) < 4.78 is 7.28. The number of hydrogen-bond donors (Lipinski definition) is 1. The van der Waals surface area contributed by atoms with Crippen molar-refractivity contribution < 1.29 is 4.74 Å². The number of nitrogens with zero attached hydrogens (tertiary/aromatic N) is 5. The third kappa shape index (κ3) is 3.30. The summed E-state index contributed by atoms with van der Waals surface area (Å²) in [6, 6.07) is 8.28. The maximum absolute atomic E-state index is 5.42. The molecule has 7 nitrogen and oxygen atoms in total. The highest BCUT2D eigenvalue weighted by atomic mass is 16.5. The van der Waals surface area contributed by atoms with Gasteiger partial charge in [-0.1, -0.05) is 0 Å². The lowest BCUT2D eigenvalue weighted by molar-refractivity contribution is 0.415. The van der Waals surface area contributed by atoms with Crippen LogP contribution in [0.5, 0.6) is 5.75 Å². The molecule has 7 heteroatoms. The second-order valence-corrected chi connectivity index (χ2v) is 7.99. The van der Waals surface area contributed by atoms with Crippen molar-refractivity contribution in [3.8, 4) is 11.6 Å². The number of fused-ring (bicyclic) bond motifs is 1. The van der Waals surface area contributed by atoms with Crippen molar-refractivity contribution >= 4 is 16.7 Å². The number of anilines is 1. The van der Waals surface area contributed by atoms with Crippen LogP contribution in [0.3, 0.4) is 0 Å². The summed E-state index contributed by atoms with van der Waals surface area (Å²) in [6.45, 7) is 5.94. The molecule has 0 atom stereocenters. The maximum Gasteiger partial charge on any atom is 0.174 e. The molecule has 5 rings (SSSR count). The number of H-pyrrole nitrogens is 1. The van der Waals surface area contributed by atoms with Crippen molar-refractivity contribution in [3.05, 3.63) is 59.8 Å². The normalized spacial score (nSPS) is 15.1. The zero-order valence-electron chi connectivity index (χ0n) is 17.6. The van der Waals surface area contributed by atoms with Gasteiger partial charge < -0.3 is 14.6 Å². The van der Waals surface area contributed by atoms with E-state index in [-0.39, 0.29) is 0 Å². The van der Waals surface area contributed by atoms with Crippen LogP contribution in [0.4, 0.5) is 5.82 Å². The van der Waals surface area contributed by atoms with Crippen LogP contribution in [0.25, 0.3) is 16.7 Å². The van der Waals surface area contributed by atoms with Crippen LogP contribution in [0.15, 0.2) is 42.9 Å². The Balaban J connectivity index is 1.34. The third-order valence-corrected chi connectivity index (χ3v) is 6.02. The van der Waals surface area contributed by atoms with E-state index < -0.39 is 0 Å². The fourth-order valence-electron chi connectivity index (χ4n) is 4.47. The van der Waals surface area contributed by atoms with E-state index in [1.807, 2.05) is 30.8 Å². The van der Waals surface area contributed by atoms with Crippen LogP contribution in [0.1, 0.15) is 35.7 Å². The van der Waals surface area contributed by atoms with Gasteiger partial charge in [-0.2, -0.15) is 5.10 Å². The van der Waals surface area contributed by atoms with E-state index in [9.17, 15) is 0 Å². The van der Waals surface area contributed by atoms with Crippen LogP contribution in [0.2, 0.25) is 0 Å². The number of ether oxygens (including phenoxy) is 1. The SMILES string of the molecule is COc1ccc2[nH]cc(C3CCN(c4cncc(-n5nc(C)cc5C)n4)CC3)c2c1. The molecule has 4 heterocycles. The highest BCUT2D eigenvalue weighted by Gasteiger charge is 2.24. The Bertz CT molecular complexity index is 1190. The van der Waals surface area contributed by atoms with E-state index in [1.165, 1.54) is 10.9 Å². The molecular weight excluding hydrogens is 376 g/mol. The van der Waals surface area contributed by atoms with E-state index in [4.69, 9.17) is 9.72 Å². The van der Waals surface area contributed by atoms with E-state index in [2.05, 4.69) is 44.4 Å². The Kier molecular flexibility index (Phi) is 4.65. The van der Waals surface area contributed by atoms with Crippen molar-refractivity contribution in [1.29, 1.82) is 0 Å². The second-order valence-electron chi connectivity index (χ2n) is 7.99. The van der Waals surface area contributed by atoms with Crippen LogP contribution in [0, 0.1) is 13.8 Å². The van der Waals surface area contributed by atoms with Gasteiger partial charge in [0.25, 0.3) is 0 Å². The van der Waals surface area contributed by atoms with Crippen LogP contribution >= 0.6 is 0 Å². The Morgan fingerprint density at radius 2 is 1.87 bits per heavy atom. The summed E-state index contributed by atoms with van der Waals surface area (Å²) in [6.07, 6.45) is 7.95. The molecule has 154 valence electrons. The number of methoxy groups -OCH3 is 1. The Morgan fingerprint density at radius 1 is 1.07 bits per heavy atom. The zero-order valence-corrected chi connectivity index (χ0v) is 17.6. The molecule has 4 aromatic rings. The first kappa shape index (κ1) is 18.7. The largest absolute Gasteiger partial charge is 0.497 e. The van der Waals surface area contributed by atoms with Gasteiger partial charge in [0.1, 0.15) is 11.6 Å². The molecule has 0 unspecified atom stereocenters. The lowest BCUT2D eigenvalue weighted by Crippen LogP contribution is -2.33. The minimum Gasteiger partial charge on any atom is -0.497 e. The molecule has 1 N–H and O–H groups in total. The number of rotatable bonds is 4. The lowest BCUT2D eigenvalue weighted by Gasteiger charge is -2.32. The second kappa shape index (κ2) is 7.48. The average Bonchev–Trinajstić information content (AvgIpc) is 3.35. The fraction of sp³-hybridized carbons (Fsp3) is 0.348. The number of aryl methyl sites for hydroxylation is 2. The van der Waals surface area contributed by atoms with E-state index in [0.717, 1.165) is 60.2 Å². The molecule has 0 saturated carbocycles. The molecular formula is C23H26N6O. The summed E-state index contributed by atoms with van der Waals surface area (Å²) in [4.78, 5) is 15.0. The Morgan fingerprint density at radius 3 is 2.60 bits per heavy atom. The topological polar surface area (TPSA) is 71.9 Å². The maximum atomic E-state index is 5.42. The first-order valence-corrected chi connectivity index (χ1v) is 10.4. The summed E-state index contributed by atoms with van der Waals surface area (Å²) in [5.74, 6) is 3.11. The Hall–Kier alpha value is -3.35. The van der Waals surface area contributed by atoms with Gasteiger partial charge in [0, 0.05) is 35.9 Å². The summed E-state index contributed by atoms with van der Waals surface area (Å²) in [7, 11) is 1.72. The number of nitrogens with one attached hydrogen (secondary N) is 1. The predicted molar refractivity (Wildman–Crippen MR) is 118 cm³/mol. The van der Waals surface area contributed by atoms with Crippen molar-refractivity contribution in [2.75, 3.05) is 25.1 Å². The van der Waals surface area contributed by atoms with E-state index in [1.54, 1.807) is 13.3 Å². The Labute approximate surface area is 175 Å². The van der Waals surface area contributed by atoms with Crippen LogP contribution < -0.4 is 9.64 Å². The van der Waals surface area contributed by atoms with Gasteiger partial charge in [0.05, 0.1) is 25.2 Å². The number of hydrogen-bond acceptors (Lipinski definition) is 5. The highest BCUT2D eigenvalue weighted by Crippen LogP contribution is 2.35. The first-order chi connectivity index (χ1) is 14.6. The van der Waals surface area contributed by atoms with E-state index >= 15 is 0 Å². The molecule has 1 fully saturated rings. The van der Waals surface area contributed by atoms with Crippen molar-refractivity contribution in [3.63, 3.8) is 0 Å². The summed E-state index contributed by atoms with van der Waals surface area (Å²) in [5, 5.41) is 5.80. The molecule has 0 amide bonds. The minimum absolute atomic E-state index is 0.522. The minimum atomic E-state index is 0.522. The van der Waals surface area contributed by atoms with Crippen molar-refractivity contribution in [2.24, 2.45) is 0 Å². The molecule has 0 spiro atoms. The number of aromatic nitrogens is 5. The van der Waals surface area contributed by atoms with Crippen LogP contribution in [-0.2, 0) is 0 Å². The molecule has 0 radical (unpaired) electrons. The van der Waals surface area contributed by atoms with Gasteiger partial charge in [0.15, 0.2) is 5.82 Å². The van der Waals surface area contributed by atoms with Crippen LogP contribution in [-0.4, -0.2) is 44.9 Å². The molecule has 1 saturated heterocycles. The van der Waals surface area contributed by atoms with E-state index in [0.29, 0.717) is 5.92 Å². The summed E-state index contributed by atoms with van der Waals surface area (Å²) in [5.41, 5.74) is 4.59. The lowest BCUT2D eigenvalue weighted by atomic mass is 9.89. The third-order valence-electron chi connectivity index (χ3n) is 6.02. The first-order valence-electron chi connectivity index (χ1n) is 10.4. The highest BCUT2D eigenvalue weighted by molar-refractivity contribution is 5.85. The van der Waals surface area contributed by atoms with Crippen molar-refractivity contribution in [2.45, 2.75) is 32.6 Å². The molecule has 1 aromatic carbocycles. The van der Waals surface area contributed by atoms with Gasteiger partial charge in [-0.25, -0.2) is 9.67 Å². The quantitative estimate of drug-likeness (QED) is 0.555. The van der Waals surface area contributed by atoms with Gasteiger partial charge in [-0.15, -0.1) is 0 Å². The summed E-state index contributed by atoms with van der Waals surface area (Å²) >= 11 is 0. The van der Waals surface area contributed by atoms with Gasteiger partial charge >= 0.3 is 0 Å². The molecule has 0 aliphatic carbocycles. The molecule has 1 aliphatic heterocycles. The smallest absolute Gasteiger partial charge is 0.174 e. The van der Waals surface area contributed by atoms with Gasteiger partial charge in [0.2, 0.25) is 0 Å². The number of piperidine rings is 1. The number of benzene rings is 1. The average molecular weight is 403 g/mol. The molecule has 1 aliphatic rings. The van der Waals surface area contributed by atoms with Gasteiger partial charge in [-0.05, 0) is 62.4 Å². The van der Waals surface area contributed by atoms with Crippen molar-refractivity contribution in [1.82, 2.24) is 24.7 Å².